The lowest BCUT2D eigenvalue weighted by Gasteiger charge is -2.36. The van der Waals surface area contributed by atoms with E-state index >= 15 is 0 Å². The number of morpholine rings is 2. The summed E-state index contributed by atoms with van der Waals surface area (Å²) in [6.45, 7) is 5.81. The van der Waals surface area contributed by atoms with Gasteiger partial charge in [0.25, 0.3) is 0 Å². The number of benzene rings is 2. The van der Waals surface area contributed by atoms with Crippen LogP contribution in [0.1, 0.15) is 17.2 Å². The average molecular weight is 393 g/mol. The molecule has 3 aliphatic rings. The maximum absolute atomic E-state index is 13.7. The van der Waals surface area contributed by atoms with Crippen LogP contribution in [-0.4, -0.2) is 68.4 Å². The first-order valence-electron chi connectivity index (χ1n) is 10.5. The summed E-state index contributed by atoms with van der Waals surface area (Å²) in [4.78, 5) is 20.0. The number of carbonyl (C=O) groups is 1. The number of anilines is 2. The molecule has 29 heavy (non-hydrogen) atoms. The molecule has 6 nitrogen and oxygen atoms in total. The normalized spacial score (nSPS) is 22.6. The van der Waals surface area contributed by atoms with Crippen molar-refractivity contribution in [1.82, 2.24) is 9.80 Å². The second kappa shape index (κ2) is 8.14. The van der Waals surface area contributed by atoms with Crippen molar-refractivity contribution >= 4 is 17.4 Å². The van der Waals surface area contributed by atoms with Crippen LogP contribution in [0.15, 0.2) is 48.5 Å². The molecule has 1 atom stereocenters. The standard InChI is InChI=1S/C23H27N3O3/c27-23(25-11-15-29-16-12-25)26-20-7-3-1-5-18(20)17-22(24-9-13-28-14-10-24)19-6-2-4-8-21(19)26/h1-8,22H,9-17H2/t22-/m0/s1. The fourth-order valence-electron chi connectivity index (χ4n) is 4.64. The molecule has 0 aromatic heterocycles. The first-order valence-corrected chi connectivity index (χ1v) is 10.5. The van der Waals surface area contributed by atoms with Crippen LogP contribution in [0.2, 0.25) is 0 Å². The molecule has 2 aromatic carbocycles. The van der Waals surface area contributed by atoms with Crippen LogP contribution < -0.4 is 4.90 Å². The highest BCUT2D eigenvalue weighted by Crippen LogP contribution is 2.43. The molecule has 0 bridgehead atoms. The van der Waals surface area contributed by atoms with Gasteiger partial charge in [0.05, 0.1) is 37.8 Å². The molecule has 0 saturated carbocycles. The number of nitrogens with zero attached hydrogens (tertiary/aromatic N) is 3. The molecule has 2 fully saturated rings. The van der Waals surface area contributed by atoms with Gasteiger partial charge in [-0.25, -0.2) is 4.79 Å². The number of rotatable bonds is 1. The van der Waals surface area contributed by atoms with Crippen LogP contribution in [0.3, 0.4) is 0 Å². The Balaban J connectivity index is 1.61. The average Bonchev–Trinajstić information content (AvgIpc) is 2.94. The van der Waals surface area contributed by atoms with Gasteiger partial charge < -0.3 is 14.4 Å². The maximum atomic E-state index is 13.7. The summed E-state index contributed by atoms with van der Waals surface area (Å²) < 4.78 is 11.1. The first kappa shape index (κ1) is 18.6. The van der Waals surface area contributed by atoms with Crippen molar-refractivity contribution in [2.75, 3.05) is 57.5 Å². The summed E-state index contributed by atoms with van der Waals surface area (Å²) >= 11 is 0. The predicted octanol–water partition coefficient (Wildman–Crippen LogP) is 3.21. The molecule has 2 saturated heterocycles. The van der Waals surface area contributed by atoms with Crippen molar-refractivity contribution in [2.45, 2.75) is 12.5 Å². The van der Waals surface area contributed by atoms with Gasteiger partial charge in [0.1, 0.15) is 0 Å². The van der Waals surface area contributed by atoms with Crippen LogP contribution in [0.5, 0.6) is 0 Å². The van der Waals surface area contributed by atoms with E-state index in [0.29, 0.717) is 26.3 Å². The summed E-state index contributed by atoms with van der Waals surface area (Å²) in [5.41, 5.74) is 4.41. The zero-order valence-electron chi connectivity index (χ0n) is 16.6. The van der Waals surface area contributed by atoms with Gasteiger partial charge in [0, 0.05) is 32.2 Å². The van der Waals surface area contributed by atoms with E-state index in [9.17, 15) is 4.79 Å². The fourth-order valence-corrected chi connectivity index (χ4v) is 4.64. The van der Waals surface area contributed by atoms with Gasteiger partial charge >= 0.3 is 6.03 Å². The van der Waals surface area contributed by atoms with Gasteiger partial charge in [-0.05, 0) is 29.7 Å². The molecule has 0 spiro atoms. The van der Waals surface area contributed by atoms with Gasteiger partial charge in [-0.2, -0.15) is 0 Å². The van der Waals surface area contributed by atoms with Crippen molar-refractivity contribution in [2.24, 2.45) is 0 Å². The predicted molar refractivity (Wildman–Crippen MR) is 112 cm³/mol. The van der Waals surface area contributed by atoms with Crippen molar-refractivity contribution < 1.29 is 14.3 Å². The van der Waals surface area contributed by atoms with Gasteiger partial charge in [-0.1, -0.05) is 36.4 Å². The number of ether oxygens (including phenoxy) is 2. The number of amides is 2. The summed E-state index contributed by atoms with van der Waals surface area (Å²) in [7, 11) is 0. The Labute approximate surface area is 171 Å². The van der Waals surface area contributed by atoms with E-state index < -0.39 is 0 Å². The molecule has 6 heteroatoms. The summed E-state index contributed by atoms with van der Waals surface area (Å²) in [5, 5.41) is 0. The number of carbonyl (C=O) groups excluding carboxylic acids is 1. The highest BCUT2D eigenvalue weighted by atomic mass is 16.5. The lowest BCUT2D eigenvalue weighted by atomic mass is 9.97. The van der Waals surface area contributed by atoms with Crippen molar-refractivity contribution in [3.63, 3.8) is 0 Å². The molecular formula is C23H27N3O3. The molecule has 2 amide bonds. The number of urea groups is 1. The minimum atomic E-state index is 0.0378. The molecule has 0 radical (unpaired) electrons. The van der Waals surface area contributed by atoms with Crippen molar-refractivity contribution in [3.05, 3.63) is 59.7 Å². The van der Waals surface area contributed by atoms with Crippen molar-refractivity contribution in [1.29, 1.82) is 0 Å². The van der Waals surface area contributed by atoms with E-state index in [2.05, 4.69) is 41.3 Å². The van der Waals surface area contributed by atoms with E-state index in [1.165, 1.54) is 11.1 Å². The van der Waals surface area contributed by atoms with Crippen LogP contribution in [0.25, 0.3) is 0 Å². The number of para-hydroxylation sites is 2. The first-order chi connectivity index (χ1) is 14.3. The molecule has 0 N–H and O–H groups in total. The second-order valence-corrected chi connectivity index (χ2v) is 7.77. The molecule has 5 rings (SSSR count). The summed E-state index contributed by atoms with van der Waals surface area (Å²) in [6.07, 6.45) is 0.889. The largest absolute Gasteiger partial charge is 0.379 e. The Hall–Kier alpha value is -2.41. The minimum Gasteiger partial charge on any atom is -0.379 e. The summed E-state index contributed by atoms with van der Waals surface area (Å²) in [5.74, 6) is 0. The van der Waals surface area contributed by atoms with E-state index in [4.69, 9.17) is 9.47 Å². The Morgan fingerprint density at radius 3 is 2.17 bits per heavy atom. The third-order valence-corrected chi connectivity index (χ3v) is 6.14. The number of hydrogen-bond donors (Lipinski definition) is 0. The summed E-state index contributed by atoms with van der Waals surface area (Å²) in [6, 6.07) is 17.0. The van der Waals surface area contributed by atoms with Gasteiger partial charge in [-0.3, -0.25) is 9.80 Å². The minimum absolute atomic E-state index is 0.0378. The molecule has 0 aliphatic carbocycles. The van der Waals surface area contributed by atoms with Crippen LogP contribution >= 0.6 is 0 Å². The molecule has 0 unspecified atom stereocenters. The maximum Gasteiger partial charge on any atom is 0.329 e. The molecular weight excluding hydrogens is 366 g/mol. The Kier molecular flexibility index (Phi) is 5.23. The Morgan fingerprint density at radius 2 is 1.41 bits per heavy atom. The van der Waals surface area contributed by atoms with Crippen LogP contribution in [0.4, 0.5) is 16.2 Å². The van der Waals surface area contributed by atoms with Crippen LogP contribution in [-0.2, 0) is 15.9 Å². The van der Waals surface area contributed by atoms with Crippen LogP contribution in [0, 0.1) is 0 Å². The molecule has 3 aliphatic heterocycles. The zero-order valence-corrected chi connectivity index (χ0v) is 16.6. The molecule has 3 heterocycles. The van der Waals surface area contributed by atoms with Gasteiger partial charge in [-0.15, -0.1) is 0 Å². The topological polar surface area (TPSA) is 45.2 Å². The van der Waals surface area contributed by atoms with E-state index in [-0.39, 0.29) is 12.1 Å². The quantitative estimate of drug-likeness (QED) is 0.746. The SMILES string of the molecule is O=C(N1CCOCC1)N1c2ccccc2C[C@H](N2CCOCC2)c2ccccc21. The van der Waals surface area contributed by atoms with Gasteiger partial charge in [0.15, 0.2) is 0 Å². The Morgan fingerprint density at radius 1 is 0.793 bits per heavy atom. The lowest BCUT2D eigenvalue weighted by molar-refractivity contribution is 0.0163. The lowest BCUT2D eigenvalue weighted by Crippen LogP contribution is -2.47. The molecule has 2 aromatic rings. The fraction of sp³-hybridized carbons (Fsp3) is 0.435. The van der Waals surface area contributed by atoms with E-state index in [1.807, 2.05) is 21.9 Å². The molecule has 152 valence electrons. The number of hydrogen-bond acceptors (Lipinski definition) is 4. The number of fused-ring (bicyclic) bond motifs is 2. The zero-order chi connectivity index (χ0) is 19.6. The third kappa shape index (κ3) is 3.52. The monoisotopic (exact) mass is 393 g/mol. The van der Waals surface area contributed by atoms with E-state index in [0.717, 1.165) is 44.1 Å². The second-order valence-electron chi connectivity index (χ2n) is 7.77. The highest BCUT2D eigenvalue weighted by molar-refractivity contribution is 6.01. The smallest absolute Gasteiger partial charge is 0.329 e. The van der Waals surface area contributed by atoms with Gasteiger partial charge in [0.2, 0.25) is 0 Å². The highest BCUT2D eigenvalue weighted by Gasteiger charge is 2.35. The third-order valence-electron chi connectivity index (χ3n) is 6.14. The van der Waals surface area contributed by atoms with E-state index in [1.54, 1.807) is 0 Å². The van der Waals surface area contributed by atoms with Crippen molar-refractivity contribution in [3.8, 4) is 0 Å². The Bertz CT molecular complexity index is 875.